The van der Waals surface area contributed by atoms with E-state index in [4.69, 9.17) is 16.7 Å². The summed E-state index contributed by atoms with van der Waals surface area (Å²) in [5.41, 5.74) is 1.05. The van der Waals surface area contributed by atoms with Gasteiger partial charge in [0.15, 0.2) is 0 Å². The maximum Gasteiger partial charge on any atom is 0.308 e. The zero-order valence-electron chi connectivity index (χ0n) is 10.8. The van der Waals surface area contributed by atoms with Crippen LogP contribution in [0.4, 0.5) is 0 Å². The Morgan fingerprint density at radius 1 is 1.45 bits per heavy atom. The third kappa shape index (κ3) is 2.54. The Kier molecular flexibility index (Phi) is 3.44. The summed E-state index contributed by atoms with van der Waals surface area (Å²) in [4.78, 5) is 11.1. The van der Waals surface area contributed by atoms with Gasteiger partial charge >= 0.3 is 5.97 Å². The van der Waals surface area contributed by atoms with Crippen molar-refractivity contribution in [2.24, 2.45) is 5.92 Å². The smallest absolute Gasteiger partial charge is 0.308 e. The van der Waals surface area contributed by atoms with E-state index in [9.17, 15) is 4.79 Å². The molecule has 104 valence electrons. The lowest BCUT2D eigenvalue weighted by atomic mass is 9.99. The highest BCUT2D eigenvalue weighted by Gasteiger charge is 2.27. The van der Waals surface area contributed by atoms with Gasteiger partial charge in [-0.15, -0.1) is 10.2 Å². The molecular weight excluding hydrogens is 278 g/mol. The molecule has 1 unspecified atom stereocenters. The molecule has 2 aromatic rings. The molecule has 1 aliphatic rings. The zero-order chi connectivity index (χ0) is 14.1. The number of halogens is 1. The summed E-state index contributed by atoms with van der Waals surface area (Å²) in [6.45, 7) is 0.452. The number of aryl methyl sites for hydroxylation is 1. The van der Waals surface area contributed by atoms with Crippen LogP contribution in [0.5, 0.6) is 0 Å². The number of benzene rings is 1. The molecule has 2 heterocycles. The molecule has 1 aromatic heterocycles. The molecule has 1 atom stereocenters. The van der Waals surface area contributed by atoms with Crippen LogP contribution in [-0.2, 0) is 24.2 Å². The maximum absolute atomic E-state index is 11.1. The number of carboxylic acids is 1. The fraction of sp³-hybridized carbons (Fsp3) is 0.357. The van der Waals surface area contributed by atoms with Crippen LogP contribution in [-0.4, -0.2) is 25.8 Å². The second kappa shape index (κ2) is 5.25. The summed E-state index contributed by atoms with van der Waals surface area (Å²) in [5.74, 6) is 0.572. The Labute approximate surface area is 121 Å². The minimum Gasteiger partial charge on any atom is -0.481 e. The van der Waals surface area contributed by atoms with Crippen molar-refractivity contribution in [3.63, 3.8) is 0 Å². The quantitative estimate of drug-likeness (QED) is 0.941. The first-order chi connectivity index (χ1) is 9.63. The van der Waals surface area contributed by atoms with Gasteiger partial charge in [-0.1, -0.05) is 23.7 Å². The van der Waals surface area contributed by atoms with E-state index in [1.807, 2.05) is 28.8 Å². The molecule has 3 rings (SSSR count). The summed E-state index contributed by atoms with van der Waals surface area (Å²) in [6, 6.07) is 7.59. The molecular formula is C14H14ClN3O2. The third-order valence-corrected chi connectivity index (χ3v) is 3.86. The molecule has 0 fully saturated rings. The van der Waals surface area contributed by atoms with Crippen LogP contribution in [0.25, 0.3) is 0 Å². The molecule has 0 radical (unpaired) electrons. The number of aromatic nitrogens is 3. The van der Waals surface area contributed by atoms with Crippen molar-refractivity contribution in [1.82, 2.24) is 14.8 Å². The highest BCUT2D eigenvalue weighted by atomic mass is 35.5. The molecule has 0 amide bonds. The predicted octanol–water partition coefficient (Wildman–Crippen LogP) is 2.17. The van der Waals surface area contributed by atoms with Gasteiger partial charge in [0.1, 0.15) is 11.6 Å². The van der Waals surface area contributed by atoms with E-state index >= 15 is 0 Å². The Balaban J connectivity index is 1.86. The molecule has 20 heavy (non-hydrogen) atoms. The second-order valence-electron chi connectivity index (χ2n) is 5.02. The lowest BCUT2D eigenvalue weighted by Gasteiger charge is -2.21. The van der Waals surface area contributed by atoms with Crippen molar-refractivity contribution < 1.29 is 9.90 Å². The largest absolute Gasteiger partial charge is 0.481 e. The summed E-state index contributed by atoms with van der Waals surface area (Å²) >= 11 is 5.97. The van der Waals surface area contributed by atoms with Gasteiger partial charge < -0.3 is 9.67 Å². The number of hydrogen-bond donors (Lipinski definition) is 1. The van der Waals surface area contributed by atoms with E-state index in [1.165, 1.54) is 0 Å². The summed E-state index contributed by atoms with van der Waals surface area (Å²) < 4.78 is 1.93. The Morgan fingerprint density at radius 3 is 3.05 bits per heavy atom. The minimum absolute atomic E-state index is 0.350. The lowest BCUT2D eigenvalue weighted by Crippen LogP contribution is -2.27. The molecule has 5 nitrogen and oxygen atoms in total. The van der Waals surface area contributed by atoms with Crippen LogP contribution in [0.2, 0.25) is 5.02 Å². The molecule has 1 aromatic carbocycles. The van der Waals surface area contributed by atoms with E-state index in [0.717, 1.165) is 17.2 Å². The average molecular weight is 292 g/mol. The van der Waals surface area contributed by atoms with Crippen molar-refractivity contribution >= 4 is 17.6 Å². The van der Waals surface area contributed by atoms with E-state index in [0.29, 0.717) is 30.8 Å². The van der Waals surface area contributed by atoms with E-state index < -0.39 is 5.97 Å². The molecule has 0 bridgehead atoms. The molecule has 0 saturated heterocycles. The van der Waals surface area contributed by atoms with Gasteiger partial charge in [0.25, 0.3) is 0 Å². The SMILES string of the molecule is O=C(O)C1CCc2nnc(Cc3cccc(Cl)c3)n2C1. The topological polar surface area (TPSA) is 68.0 Å². The Hall–Kier alpha value is -1.88. The first-order valence-corrected chi connectivity index (χ1v) is 6.89. The number of hydrogen-bond acceptors (Lipinski definition) is 3. The number of aliphatic carboxylic acids is 1. The molecule has 1 N–H and O–H groups in total. The minimum atomic E-state index is -0.752. The highest BCUT2D eigenvalue weighted by molar-refractivity contribution is 6.30. The van der Waals surface area contributed by atoms with E-state index in [-0.39, 0.29) is 5.92 Å². The van der Waals surface area contributed by atoms with Crippen molar-refractivity contribution in [1.29, 1.82) is 0 Å². The van der Waals surface area contributed by atoms with Crippen molar-refractivity contribution in [3.05, 3.63) is 46.5 Å². The van der Waals surface area contributed by atoms with Crippen molar-refractivity contribution in [2.45, 2.75) is 25.8 Å². The molecule has 0 spiro atoms. The third-order valence-electron chi connectivity index (χ3n) is 3.62. The molecule has 0 aliphatic carbocycles. The van der Waals surface area contributed by atoms with Gasteiger partial charge in [-0.2, -0.15) is 0 Å². The van der Waals surface area contributed by atoms with E-state index in [1.54, 1.807) is 0 Å². The van der Waals surface area contributed by atoms with Crippen LogP contribution >= 0.6 is 11.6 Å². The Morgan fingerprint density at radius 2 is 2.30 bits per heavy atom. The van der Waals surface area contributed by atoms with Gasteiger partial charge in [-0.05, 0) is 24.1 Å². The summed E-state index contributed by atoms with van der Waals surface area (Å²) in [6.07, 6.45) is 1.91. The maximum atomic E-state index is 11.1. The van der Waals surface area contributed by atoms with Crippen LogP contribution in [0.15, 0.2) is 24.3 Å². The molecule has 6 heteroatoms. The number of carbonyl (C=O) groups is 1. The predicted molar refractivity (Wildman–Crippen MR) is 73.7 cm³/mol. The van der Waals surface area contributed by atoms with Crippen LogP contribution in [0.3, 0.4) is 0 Å². The summed E-state index contributed by atoms with van der Waals surface area (Å²) in [7, 11) is 0. The van der Waals surface area contributed by atoms with Gasteiger partial charge in [-0.25, -0.2) is 0 Å². The average Bonchev–Trinajstić information content (AvgIpc) is 2.81. The number of rotatable bonds is 3. The fourth-order valence-electron chi connectivity index (χ4n) is 2.54. The van der Waals surface area contributed by atoms with Crippen molar-refractivity contribution in [2.75, 3.05) is 0 Å². The molecule has 1 aliphatic heterocycles. The van der Waals surface area contributed by atoms with Gasteiger partial charge in [-0.3, -0.25) is 4.79 Å². The monoisotopic (exact) mass is 291 g/mol. The number of fused-ring (bicyclic) bond motifs is 1. The normalized spacial score (nSPS) is 17.8. The van der Waals surface area contributed by atoms with E-state index in [2.05, 4.69) is 10.2 Å². The first kappa shape index (κ1) is 13.1. The van der Waals surface area contributed by atoms with Gasteiger partial charge in [0, 0.05) is 24.4 Å². The summed E-state index contributed by atoms with van der Waals surface area (Å²) in [5, 5.41) is 18.2. The first-order valence-electron chi connectivity index (χ1n) is 6.51. The fourth-order valence-corrected chi connectivity index (χ4v) is 2.76. The zero-order valence-corrected chi connectivity index (χ0v) is 11.5. The van der Waals surface area contributed by atoms with Crippen LogP contribution in [0.1, 0.15) is 23.6 Å². The van der Waals surface area contributed by atoms with Crippen LogP contribution < -0.4 is 0 Å². The Bertz CT molecular complexity index is 654. The van der Waals surface area contributed by atoms with Gasteiger partial charge in [0.2, 0.25) is 0 Å². The lowest BCUT2D eigenvalue weighted by molar-refractivity contribution is -0.142. The number of carboxylic acid groups (broad SMARTS) is 1. The second-order valence-corrected chi connectivity index (χ2v) is 5.46. The standard InChI is InChI=1S/C14H14ClN3O2/c15-11-3-1-2-9(6-11)7-13-17-16-12-5-4-10(14(19)20)8-18(12)13/h1-3,6,10H,4-5,7-8H2,(H,19,20). The van der Waals surface area contributed by atoms with Crippen molar-refractivity contribution in [3.8, 4) is 0 Å². The van der Waals surface area contributed by atoms with Crippen LogP contribution in [0, 0.1) is 5.92 Å². The van der Waals surface area contributed by atoms with Gasteiger partial charge in [0.05, 0.1) is 5.92 Å². The highest BCUT2D eigenvalue weighted by Crippen LogP contribution is 2.22. The molecule has 0 saturated carbocycles. The number of nitrogens with zero attached hydrogens (tertiary/aromatic N) is 3.